The lowest BCUT2D eigenvalue weighted by Crippen LogP contribution is -2.37. The summed E-state index contributed by atoms with van der Waals surface area (Å²) < 4.78 is 11.9. The molecule has 1 aromatic heterocycles. The molecule has 1 spiro atoms. The van der Waals surface area contributed by atoms with E-state index in [1.165, 1.54) is 30.6 Å². The van der Waals surface area contributed by atoms with Crippen LogP contribution in [-0.4, -0.2) is 35.9 Å². The number of carbonyl (C=O) groups is 1. The number of nitrogens with one attached hydrogen (secondary N) is 1. The molecule has 1 aliphatic heterocycles. The lowest BCUT2D eigenvalue weighted by molar-refractivity contribution is -0.186. The number of ether oxygens (including phenoxy) is 2. The van der Waals surface area contributed by atoms with E-state index in [-0.39, 0.29) is 17.8 Å². The number of hydrogen-bond donors (Lipinski definition) is 1. The van der Waals surface area contributed by atoms with Crippen molar-refractivity contribution in [3.05, 3.63) is 16.1 Å². The van der Waals surface area contributed by atoms with E-state index >= 15 is 0 Å². The number of aryl methyl sites for hydroxylation is 1. The fourth-order valence-corrected chi connectivity index (χ4v) is 3.60. The molecule has 1 saturated carbocycles. The van der Waals surface area contributed by atoms with Crippen molar-refractivity contribution in [2.75, 3.05) is 13.2 Å². The average molecular weight is 296 g/mol. The molecule has 3 rings (SSSR count). The minimum Gasteiger partial charge on any atom is -0.349 e. The zero-order chi connectivity index (χ0) is 14.0. The van der Waals surface area contributed by atoms with Crippen molar-refractivity contribution in [3.63, 3.8) is 0 Å². The smallest absolute Gasteiger partial charge is 0.263 e. The molecule has 2 fully saturated rings. The normalized spacial score (nSPS) is 24.9. The average Bonchev–Trinajstić information content (AvgIpc) is 3.04. The molecule has 2 aliphatic rings. The Labute approximate surface area is 122 Å². The van der Waals surface area contributed by atoms with Crippen molar-refractivity contribution < 1.29 is 14.3 Å². The number of hydrogen-bond acceptors (Lipinski definition) is 5. The second kappa shape index (κ2) is 5.79. The van der Waals surface area contributed by atoms with E-state index in [2.05, 4.69) is 10.3 Å². The van der Waals surface area contributed by atoms with Crippen LogP contribution in [0.4, 0.5) is 0 Å². The van der Waals surface area contributed by atoms with Gasteiger partial charge in [-0.3, -0.25) is 4.79 Å². The zero-order valence-electron chi connectivity index (χ0n) is 11.7. The Hall–Kier alpha value is -0.980. The van der Waals surface area contributed by atoms with Crippen LogP contribution < -0.4 is 5.32 Å². The molecule has 1 aliphatic carbocycles. The van der Waals surface area contributed by atoms with Gasteiger partial charge in [-0.15, -0.1) is 11.3 Å². The fraction of sp³-hybridized carbons (Fsp3) is 0.714. The van der Waals surface area contributed by atoms with Crippen LogP contribution in [0, 0.1) is 6.92 Å². The van der Waals surface area contributed by atoms with Crippen LogP contribution in [0.15, 0.2) is 5.51 Å². The maximum atomic E-state index is 12.0. The summed E-state index contributed by atoms with van der Waals surface area (Å²) in [6, 6.07) is 0. The molecular weight excluding hydrogens is 276 g/mol. The van der Waals surface area contributed by atoms with E-state index in [4.69, 9.17) is 9.47 Å². The molecule has 1 atom stereocenters. The molecule has 1 saturated heterocycles. The predicted molar refractivity (Wildman–Crippen MR) is 75.8 cm³/mol. The Balaban J connectivity index is 1.50. The molecular formula is C14H20N2O3S. The Morgan fingerprint density at radius 3 is 3.00 bits per heavy atom. The molecule has 6 heteroatoms. The first-order valence-corrected chi connectivity index (χ1v) is 8.07. The van der Waals surface area contributed by atoms with E-state index in [0.29, 0.717) is 18.0 Å². The van der Waals surface area contributed by atoms with Crippen LogP contribution in [-0.2, 0) is 9.47 Å². The van der Waals surface area contributed by atoms with Crippen molar-refractivity contribution >= 4 is 17.2 Å². The van der Waals surface area contributed by atoms with Crippen molar-refractivity contribution in [3.8, 4) is 0 Å². The molecule has 0 radical (unpaired) electrons. The van der Waals surface area contributed by atoms with E-state index in [9.17, 15) is 4.79 Å². The van der Waals surface area contributed by atoms with Crippen LogP contribution in [0.25, 0.3) is 0 Å². The van der Waals surface area contributed by atoms with E-state index in [1.54, 1.807) is 5.51 Å². The predicted octanol–water partition coefficient (Wildman–Crippen LogP) is 2.26. The summed E-state index contributed by atoms with van der Waals surface area (Å²) in [6.07, 6.45) is 5.51. The SMILES string of the molecule is Cc1ncsc1C(=O)NC[C@@H]1COC2(CCCCC2)O1. The largest absolute Gasteiger partial charge is 0.349 e. The highest BCUT2D eigenvalue weighted by atomic mass is 32.1. The summed E-state index contributed by atoms with van der Waals surface area (Å²) in [4.78, 5) is 16.8. The number of amides is 1. The van der Waals surface area contributed by atoms with Crippen molar-refractivity contribution in [1.82, 2.24) is 10.3 Å². The first kappa shape index (κ1) is 14.0. The number of nitrogens with zero attached hydrogens (tertiary/aromatic N) is 1. The Morgan fingerprint density at radius 1 is 1.50 bits per heavy atom. The van der Waals surface area contributed by atoms with Crippen molar-refractivity contribution in [2.45, 2.75) is 50.9 Å². The second-order valence-electron chi connectivity index (χ2n) is 5.50. The molecule has 0 aromatic carbocycles. The Morgan fingerprint density at radius 2 is 2.30 bits per heavy atom. The van der Waals surface area contributed by atoms with Crippen molar-refractivity contribution in [1.29, 1.82) is 0 Å². The molecule has 1 aromatic rings. The van der Waals surface area contributed by atoms with Gasteiger partial charge in [-0.2, -0.15) is 0 Å². The summed E-state index contributed by atoms with van der Waals surface area (Å²) in [5, 5.41) is 2.92. The Bertz CT molecular complexity index is 483. The van der Waals surface area contributed by atoms with E-state index in [0.717, 1.165) is 18.5 Å². The number of carbonyl (C=O) groups excluding carboxylic acids is 1. The van der Waals surface area contributed by atoms with Crippen LogP contribution in [0.1, 0.15) is 47.5 Å². The topological polar surface area (TPSA) is 60.5 Å². The zero-order valence-corrected chi connectivity index (χ0v) is 12.5. The quantitative estimate of drug-likeness (QED) is 0.929. The summed E-state index contributed by atoms with van der Waals surface area (Å²) >= 11 is 1.37. The standard InChI is InChI=1S/C14H20N2O3S/c1-10-12(20-9-16-10)13(17)15-7-11-8-18-14(19-11)5-3-2-4-6-14/h9,11H,2-8H2,1H3,(H,15,17)/t11-/m1/s1. The third-order valence-corrected chi connectivity index (χ3v) is 4.90. The molecule has 0 unspecified atom stereocenters. The van der Waals surface area contributed by atoms with E-state index in [1.807, 2.05) is 6.92 Å². The summed E-state index contributed by atoms with van der Waals surface area (Å²) in [7, 11) is 0. The van der Waals surface area contributed by atoms with Gasteiger partial charge in [-0.05, 0) is 19.8 Å². The summed E-state index contributed by atoms with van der Waals surface area (Å²) in [5.74, 6) is -0.438. The first-order chi connectivity index (χ1) is 9.69. The van der Waals surface area contributed by atoms with Crippen LogP contribution in [0.2, 0.25) is 0 Å². The first-order valence-electron chi connectivity index (χ1n) is 7.19. The third kappa shape index (κ3) is 2.87. The van der Waals surface area contributed by atoms with Crippen LogP contribution in [0.5, 0.6) is 0 Å². The molecule has 5 nitrogen and oxygen atoms in total. The van der Waals surface area contributed by atoms with E-state index < -0.39 is 0 Å². The fourth-order valence-electron chi connectivity index (χ4n) is 2.88. The second-order valence-corrected chi connectivity index (χ2v) is 6.35. The van der Waals surface area contributed by atoms with Gasteiger partial charge in [-0.1, -0.05) is 6.42 Å². The highest BCUT2D eigenvalue weighted by Gasteiger charge is 2.42. The molecule has 1 N–H and O–H groups in total. The van der Waals surface area contributed by atoms with Gasteiger partial charge in [0, 0.05) is 19.4 Å². The monoisotopic (exact) mass is 296 g/mol. The van der Waals surface area contributed by atoms with Gasteiger partial charge in [-0.25, -0.2) is 4.98 Å². The molecule has 2 heterocycles. The summed E-state index contributed by atoms with van der Waals surface area (Å²) in [5.41, 5.74) is 2.47. The molecule has 110 valence electrons. The van der Waals surface area contributed by atoms with Crippen LogP contribution in [0.3, 0.4) is 0 Å². The van der Waals surface area contributed by atoms with Crippen molar-refractivity contribution in [2.24, 2.45) is 0 Å². The molecule has 0 bridgehead atoms. The van der Waals surface area contributed by atoms with Gasteiger partial charge in [0.2, 0.25) is 0 Å². The van der Waals surface area contributed by atoms with Gasteiger partial charge in [0.05, 0.1) is 17.8 Å². The number of rotatable bonds is 3. The lowest BCUT2D eigenvalue weighted by Gasteiger charge is -2.31. The van der Waals surface area contributed by atoms with Gasteiger partial charge < -0.3 is 14.8 Å². The van der Waals surface area contributed by atoms with Crippen LogP contribution >= 0.6 is 11.3 Å². The number of aromatic nitrogens is 1. The molecule has 20 heavy (non-hydrogen) atoms. The third-order valence-electron chi connectivity index (χ3n) is 3.97. The lowest BCUT2D eigenvalue weighted by atomic mass is 9.94. The maximum absolute atomic E-state index is 12.0. The minimum atomic E-state index is -0.367. The highest BCUT2D eigenvalue weighted by Crippen LogP contribution is 2.37. The van der Waals surface area contributed by atoms with Gasteiger partial charge in [0.15, 0.2) is 5.79 Å². The van der Waals surface area contributed by atoms with Gasteiger partial charge >= 0.3 is 0 Å². The summed E-state index contributed by atoms with van der Waals surface area (Å²) in [6.45, 7) is 2.91. The Kier molecular flexibility index (Phi) is 4.05. The molecule has 1 amide bonds. The van der Waals surface area contributed by atoms with Gasteiger partial charge in [0.1, 0.15) is 11.0 Å². The minimum absolute atomic E-state index is 0.0368. The van der Waals surface area contributed by atoms with Gasteiger partial charge in [0.25, 0.3) is 5.91 Å². The highest BCUT2D eigenvalue weighted by molar-refractivity contribution is 7.11. The maximum Gasteiger partial charge on any atom is 0.263 e. The number of thiazole rings is 1.